The molecule has 0 radical (unpaired) electrons. The number of aliphatic hydroxyl groups excluding tert-OH is 1. The molecule has 110 valence electrons. The van der Waals surface area contributed by atoms with Gasteiger partial charge in [0.15, 0.2) is 0 Å². The van der Waals surface area contributed by atoms with Gasteiger partial charge in [-0.15, -0.1) is 0 Å². The van der Waals surface area contributed by atoms with Gasteiger partial charge in [0.1, 0.15) is 0 Å². The molecule has 5 heteroatoms. The maximum Gasteiger partial charge on any atom is 0.224 e. The number of ether oxygens (including phenoxy) is 1. The Morgan fingerprint density at radius 1 is 1.37 bits per heavy atom. The van der Waals surface area contributed by atoms with E-state index in [1.165, 1.54) is 12.8 Å². The lowest BCUT2D eigenvalue weighted by Gasteiger charge is -2.42. The second-order valence-corrected chi connectivity index (χ2v) is 6.26. The Kier molecular flexibility index (Phi) is 4.81. The van der Waals surface area contributed by atoms with Crippen LogP contribution in [0, 0.1) is 0 Å². The third-order valence-corrected chi connectivity index (χ3v) is 3.88. The first kappa shape index (κ1) is 14.8. The molecule has 0 spiro atoms. The predicted molar refractivity (Wildman–Crippen MR) is 72.9 cm³/mol. The minimum Gasteiger partial charge on any atom is -0.394 e. The zero-order chi connectivity index (χ0) is 13.9. The summed E-state index contributed by atoms with van der Waals surface area (Å²) in [5, 5.41) is 9.25. The zero-order valence-corrected chi connectivity index (χ0v) is 12.1. The maximum absolute atomic E-state index is 12.3. The number of aliphatic hydroxyl groups is 1. The summed E-state index contributed by atoms with van der Waals surface area (Å²) in [6.45, 7) is 8.15. The highest BCUT2D eigenvalue weighted by Crippen LogP contribution is 2.21. The van der Waals surface area contributed by atoms with Gasteiger partial charge in [0.2, 0.25) is 5.91 Å². The molecule has 1 atom stereocenters. The molecule has 1 amide bonds. The number of carbonyl (C=O) groups is 1. The number of hydrogen-bond acceptors (Lipinski definition) is 4. The lowest BCUT2D eigenvalue weighted by molar-refractivity contribution is -0.167. The summed E-state index contributed by atoms with van der Waals surface area (Å²) in [6.07, 6.45) is 2.84. The first-order valence-electron chi connectivity index (χ1n) is 7.29. The molecular formula is C14H26N2O3. The van der Waals surface area contributed by atoms with Crippen LogP contribution in [0.15, 0.2) is 0 Å². The number of hydrogen-bond donors (Lipinski definition) is 1. The topological polar surface area (TPSA) is 53.0 Å². The molecule has 2 aliphatic rings. The fourth-order valence-electron chi connectivity index (χ4n) is 3.00. The first-order valence-corrected chi connectivity index (χ1v) is 7.29. The molecule has 5 nitrogen and oxygen atoms in total. The van der Waals surface area contributed by atoms with Gasteiger partial charge >= 0.3 is 0 Å². The molecule has 0 bridgehead atoms. The highest BCUT2D eigenvalue weighted by molar-refractivity contribution is 5.76. The van der Waals surface area contributed by atoms with Gasteiger partial charge < -0.3 is 19.6 Å². The Labute approximate surface area is 115 Å². The van der Waals surface area contributed by atoms with Gasteiger partial charge in [-0.1, -0.05) is 0 Å². The maximum atomic E-state index is 12.3. The van der Waals surface area contributed by atoms with E-state index < -0.39 is 0 Å². The van der Waals surface area contributed by atoms with E-state index in [1.54, 1.807) is 0 Å². The van der Waals surface area contributed by atoms with Gasteiger partial charge in [-0.05, 0) is 39.8 Å². The summed E-state index contributed by atoms with van der Waals surface area (Å²) < 4.78 is 5.73. The standard InChI is InChI=1S/C14H26N2O3/c1-14(2)11-16(9-12(10-17)19-14)13(18)5-8-15-6-3-4-7-15/h12,17H,3-11H2,1-2H3. The van der Waals surface area contributed by atoms with Crippen molar-refractivity contribution in [2.75, 3.05) is 39.3 Å². The monoisotopic (exact) mass is 270 g/mol. The lowest BCUT2D eigenvalue weighted by atomic mass is 10.0. The normalized spacial score (nSPS) is 27.7. The van der Waals surface area contributed by atoms with Gasteiger partial charge in [0.25, 0.3) is 0 Å². The Morgan fingerprint density at radius 2 is 2.05 bits per heavy atom. The van der Waals surface area contributed by atoms with Crippen LogP contribution in [0.25, 0.3) is 0 Å². The van der Waals surface area contributed by atoms with Gasteiger partial charge in [-0.2, -0.15) is 0 Å². The van der Waals surface area contributed by atoms with Gasteiger partial charge in [0.05, 0.1) is 18.3 Å². The molecule has 2 aliphatic heterocycles. The fraction of sp³-hybridized carbons (Fsp3) is 0.929. The molecule has 0 aromatic rings. The minimum absolute atomic E-state index is 0.0284. The molecule has 0 aliphatic carbocycles. The van der Waals surface area contributed by atoms with E-state index in [1.807, 2.05) is 18.7 Å². The molecule has 2 saturated heterocycles. The number of rotatable bonds is 4. The van der Waals surface area contributed by atoms with Crippen LogP contribution >= 0.6 is 0 Å². The minimum atomic E-state index is -0.366. The van der Waals surface area contributed by atoms with E-state index in [4.69, 9.17) is 4.74 Å². The number of amides is 1. The van der Waals surface area contributed by atoms with Gasteiger partial charge in [-0.3, -0.25) is 4.79 Å². The van der Waals surface area contributed by atoms with Crippen LogP contribution in [0.2, 0.25) is 0 Å². The third kappa shape index (κ3) is 4.16. The molecular weight excluding hydrogens is 244 g/mol. The molecule has 0 aromatic heterocycles. The summed E-state index contributed by atoms with van der Waals surface area (Å²) in [5.74, 6) is 0.182. The van der Waals surface area contributed by atoms with Crippen molar-refractivity contribution >= 4 is 5.91 Å². The van der Waals surface area contributed by atoms with Crippen LogP contribution in [-0.2, 0) is 9.53 Å². The van der Waals surface area contributed by atoms with E-state index in [9.17, 15) is 9.90 Å². The summed E-state index contributed by atoms with van der Waals surface area (Å²) >= 11 is 0. The van der Waals surface area contributed by atoms with Crippen molar-refractivity contribution in [3.8, 4) is 0 Å². The highest BCUT2D eigenvalue weighted by Gasteiger charge is 2.35. The van der Waals surface area contributed by atoms with E-state index in [2.05, 4.69) is 4.90 Å². The molecule has 2 rings (SSSR count). The average molecular weight is 270 g/mol. The van der Waals surface area contributed by atoms with Crippen molar-refractivity contribution in [3.05, 3.63) is 0 Å². The van der Waals surface area contributed by atoms with Crippen LogP contribution in [-0.4, -0.2) is 71.8 Å². The molecule has 0 saturated carbocycles. The lowest BCUT2D eigenvalue weighted by Crippen LogP contribution is -2.55. The number of carbonyl (C=O) groups excluding carboxylic acids is 1. The molecule has 1 N–H and O–H groups in total. The number of morpholine rings is 1. The largest absolute Gasteiger partial charge is 0.394 e. The van der Waals surface area contributed by atoms with Crippen LogP contribution in [0.3, 0.4) is 0 Å². The Morgan fingerprint density at radius 3 is 2.68 bits per heavy atom. The quantitative estimate of drug-likeness (QED) is 0.807. The Bertz CT molecular complexity index is 314. The molecule has 2 fully saturated rings. The van der Waals surface area contributed by atoms with Crippen molar-refractivity contribution in [1.82, 2.24) is 9.80 Å². The average Bonchev–Trinajstić information content (AvgIpc) is 2.87. The molecule has 2 heterocycles. The second-order valence-electron chi connectivity index (χ2n) is 6.26. The second kappa shape index (κ2) is 6.20. The highest BCUT2D eigenvalue weighted by atomic mass is 16.5. The molecule has 1 unspecified atom stereocenters. The predicted octanol–water partition coefficient (Wildman–Crippen LogP) is 0.471. The van der Waals surface area contributed by atoms with Crippen LogP contribution in [0.4, 0.5) is 0 Å². The summed E-state index contributed by atoms with van der Waals surface area (Å²) in [5.41, 5.74) is -0.366. The summed E-state index contributed by atoms with van der Waals surface area (Å²) in [4.78, 5) is 16.5. The van der Waals surface area contributed by atoms with E-state index in [-0.39, 0.29) is 24.2 Å². The van der Waals surface area contributed by atoms with E-state index in [0.717, 1.165) is 19.6 Å². The van der Waals surface area contributed by atoms with Crippen LogP contribution in [0.5, 0.6) is 0 Å². The molecule has 0 aromatic carbocycles. The van der Waals surface area contributed by atoms with Crippen molar-refractivity contribution in [1.29, 1.82) is 0 Å². The van der Waals surface area contributed by atoms with E-state index in [0.29, 0.717) is 19.5 Å². The summed E-state index contributed by atoms with van der Waals surface area (Å²) in [6, 6.07) is 0. The van der Waals surface area contributed by atoms with Crippen molar-refractivity contribution < 1.29 is 14.6 Å². The Balaban J connectivity index is 1.83. The van der Waals surface area contributed by atoms with Crippen molar-refractivity contribution in [2.24, 2.45) is 0 Å². The fourth-order valence-corrected chi connectivity index (χ4v) is 3.00. The first-order chi connectivity index (χ1) is 9.00. The van der Waals surface area contributed by atoms with Gasteiger partial charge in [-0.25, -0.2) is 0 Å². The van der Waals surface area contributed by atoms with Crippen LogP contribution in [0.1, 0.15) is 33.1 Å². The number of nitrogens with zero attached hydrogens (tertiary/aromatic N) is 2. The zero-order valence-electron chi connectivity index (χ0n) is 12.1. The third-order valence-electron chi connectivity index (χ3n) is 3.88. The number of likely N-dealkylation sites (tertiary alicyclic amines) is 1. The van der Waals surface area contributed by atoms with Crippen molar-refractivity contribution in [3.63, 3.8) is 0 Å². The van der Waals surface area contributed by atoms with Crippen LogP contribution < -0.4 is 0 Å². The van der Waals surface area contributed by atoms with E-state index >= 15 is 0 Å². The molecule has 19 heavy (non-hydrogen) atoms. The smallest absolute Gasteiger partial charge is 0.224 e. The Hall–Kier alpha value is -0.650. The van der Waals surface area contributed by atoms with Crippen molar-refractivity contribution in [2.45, 2.75) is 44.8 Å². The summed E-state index contributed by atoms with van der Waals surface area (Å²) in [7, 11) is 0. The SMILES string of the molecule is CC1(C)CN(C(=O)CCN2CCCC2)CC(CO)O1. The van der Waals surface area contributed by atoms with Gasteiger partial charge in [0, 0.05) is 26.1 Å².